The van der Waals surface area contributed by atoms with Crippen LogP contribution in [0.3, 0.4) is 0 Å². The first-order chi connectivity index (χ1) is 7.17. The molecule has 0 fully saturated rings. The fraction of sp³-hybridized carbons (Fsp3) is 0.333. The van der Waals surface area contributed by atoms with Crippen LogP contribution in [0.1, 0.15) is 18.9 Å². The van der Waals surface area contributed by atoms with Gasteiger partial charge >= 0.3 is 0 Å². The zero-order valence-electron chi connectivity index (χ0n) is 8.98. The van der Waals surface area contributed by atoms with E-state index in [1.807, 2.05) is 25.2 Å². The molecule has 0 heterocycles. The zero-order chi connectivity index (χ0) is 11.3. The highest BCUT2D eigenvalue weighted by Gasteiger charge is 2.00. The van der Waals surface area contributed by atoms with Crippen LogP contribution in [-0.4, -0.2) is 13.6 Å². The summed E-state index contributed by atoms with van der Waals surface area (Å²) in [4.78, 5) is 0. The van der Waals surface area contributed by atoms with E-state index in [0.717, 1.165) is 28.0 Å². The second-order valence-electron chi connectivity index (χ2n) is 3.35. The van der Waals surface area contributed by atoms with E-state index in [-0.39, 0.29) is 0 Å². The highest BCUT2D eigenvalue weighted by atomic mass is 79.9. The molecular weight excluding hydrogens is 273 g/mol. The lowest BCUT2D eigenvalue weighted by atomic mass is 10.1. The van der Waals surface area contributed by atoms with E-state index in [2.05, 4.69) is 34.2 Å². The Balaban J connectivity index is 2.99. The summed E-state index contributed by atoms with van der Waals surface area (Å²) in [6.07, 6.45) is 3.17. The third kappa shape index (κ3) is 3.98. The highest BCUT2D eigenvalue weighted by Crippen LogP contribution is 2.23. The van der Waals surface area contributed by atoms with E-state index >= 15 is 0 Å². The Labute approximate surface area is 105 Å². The van der Waals surface area contributed by atoms with Crippen molar-refractivity contribution in [1.82, 2.24) is 5.32 Å². The van der Waals surface area contributed by atoms with Gasteiger partial charge in [-0.1, -0.05) is 46.1 Å². The molecule has 1 N–H and O–H groups in total. The summed E-state index contributed by atoms with van der Waals surface area (Å²) < 4.78 is 1.05. The molecule has 82 valence electrons. The SMILES string of the molecule is CC/C(=C/c1cc(Br)ccc1Cl)CNC. The van der Waals surface area contributed by atoms with E-state index in [1.54, 1.807) is 0 Å². The number of rotatable bonds is 4. The van der Waals surface area contributed by atoms with Crippen LogP contribution in [0.5, 0.6) is 0 Å². The van der Waals surface area contributed by atoms with Crippen molar-refractivity contribution >= 4 is 33.6 Å². The molecule has 1 aromatic carbocycles. The average Bonchev–Trinajstić information content (AvgIpc) is 2.22. The van der Waals surface area contributed by atoms with Gasteiger partial charge < -0.3 is 5.32 Å². The van der Waals surface area contributed by atoms with Gasteiger partial charge in [0.05, 0.1) is 0 Å². The summed E-state index contributed by atoms with van der Waals surface area (Å²) in [7, 11) is 1.95. The minimum atomic E-state index is 0.792. The lowest BCUT2D eigenvalue weighted by Gasteiger charge is -2.05. The summed E-state index contributed by atoms with van der Waals surface area (Å²) in [6.45, 7) is 3.05. The normalized spacial score (nSPS) is 11.9. The van der Waals surface area contributed by atoms with Gasteiger partial charge in [-0.05, 0) is 37.2 Å². The maximum atomic E-state index is 6.11. The lowest BCUT2D eigenvalue weighted by Crippen LogP contribution is -2.09. The van der Waals surface area contributed by atoms with E-state index in [1.165, 1.54) is 5.57 Å². The van der Waals surface area contributed by atoms with Crippen LogP contribution in [0.25, 0.3) is 6.08 Å². The first-order valence-electron chi connectivity index (χ1n) is 4.96. The molecule has 0 bridgehead atoms. The second kappa shape index (κ2) is 6.31. The molecule has 0 aliphatic rings. The number of likely N-dealkylation sites (N-methyl/N-ethyl adjacent to an activating group) is 1. The molecule has 1 aromatic rings. The van der Waals surface area contributed by atoms with Crippen molar-refractivity contribution in [3.63, 3.8) is 0 Å². The molecule has 0 radical (unpaired) electrons. The van der Waals surface area contributed by atoms with Crippen LogP contribution < -0.4 is 5.32 Å². The van der Waals surface area contributed by atoms with Crippen LogP contribution in [0, 0.1) is 0 Å². The molecule has 0 spiro atoms. The van der Waals surface area contributed by atoms with Crippen molar-refractivity contribution < 1.29 is 0 Å². The van der Waals surface area contributed by atoms with Crippen LogP contribution in [0.4, 0.5) is 0 Å². The number of halogens is 2. The van der Waals surface area contributed by atoms with Gasteiger partial charge in [-0.3, -0.25) is 0 Å². The maximum Gasteiger partial charge on any atom is 0.0479 e. The van der Waals surface area contributed by atoms with Crippen LogP contribution in [0.15, 0.2) is 28.2 Å². The maximum absolute atomic E-state index is 6.11. The van der Waals surface area contributed by atoms with E-state index in [4.69, 9.17) is 11.6 Å². The zero-order valence-corrected chi connectivity index (χ0v) is 11.3. The van der Waals surface area contributed by atoms with Crippen LogP contribution in [-0.2, 0) is 0 Å². The third-order valence-electron chi connectivity index (χ3n) is 2.18. The van der Waals surface area contributed by atoms with Gasteiger partial charge in [0.15, 0.2) is 0 Å². The minimum Gasteiger partial charge on any atom is -0.316 e. The molecule has 0 aliphatic carbocycles. The molecule has 1 nitrogen and oxygen atoms in total. The van der Waals surface area contributed by atoms with Crippen molar-refractivity contribution in [2.24, 2.45) is 0 Å². The highest BCUT2D eigenvalue weighted by molar-refractivity contribution is 9.10. The Morgan fingerprint density at radius 2 is 2.27 bits per heavy atom. The molecule has 1 rings (SSSR count). The molecule has 0 amide bonds. The van der Waals surface area contributed by atoms with Crippen molar-refractivity contribution in [3.05, 3.63) is 38.8 Å². The van der Waals surface area contributed by atoms with Crippen LogP contribution in [0.2, 0.25) is 5.02 Å². The molecule has 0 atom stereocenters. The smallest absolute Gasteiger partial charge is 0.0479 e. The predicted octanol–water partition coefficient (Wildman–Crippen LogP) is 4.12. The first kappa shape index (κ1) is 12.8. The Morgan fingerprint density at radius 1 is 1.53 bits per heavy atom. The lowest BCUT2D eigenvalue weighted by molar-refractivity contribution is 0.851. The molecular formula is C12H15BrClN. The summed E-state index contributed by atoms with van der Waals surface area (Å²) in [5.74, 6) is 0. The molecule has 0 saturated carbocycles. The largest absolute Gasteiger partial charge is 0.316 e. The predicted molar refractivity (Wildman–Crippen MR) is 71.3 cm³/mol. The van der Waals surface area contributed by atoms with Crippen molar-refractivity contribution in [2.45, 2.75) is 13.3 Å². The Morgan fingerprint density at radius 3 is 2.87 bits per heavy atom. The monoisotopic (exact) mass is 287 g/mol. The van der Waals surface area contributed by atoms with Gasteiger partial charge in [0, 0.05) is 16.0 Å². The van der Waals surface area contributed by atoms with Crippen molar-refractivity contribution in [2.75, 3.05) is 13.6 Å². The van der Waals surface area contributed by atoms with Gasteiger partial charge in [0.1, 0.15) is 0 Å². The summed E-state index contributed by atoms with van der Waals surface area (Å²) >= 11 is 9.56. The number of benzene rings is 1. The molecule has 0 saturated heterocycles. The third-order valence-corrected chi connectivity index (χ3v) is 3.01. The molecule has 15 heavy (non-hydrogen) atoms. The van der Waals surface area contributed by atoms with E-state index in [0.29, 0.717) is 0 Å². The first-order valence-corrected chi connectivity index (χ1v) is 6.13. The quantitative estimate of drug-likeness (QED) is 0.879. The van der Waals surface area contributed by atoms with Gasteiger partial charge in [0.25, 0.3) is 0 Å². The fourth-order valence-corrected chi connectivity index (χ4v) is 1.90. The number of hydrogen-bond donors (Lipinski definition) is 1. The van der Waals surface area contributed by atoms with Crippen molar-refractivity contribution in [3.8, 4) is 0 Å². The van der Waals surface area contributed by atoms with Crippen LogP contribution >= 0.6 is 27.5 Å². The number of hydrogen-bond acceptors (Lipinski definition) is 1. The number of nitrogens with one attached hydrogen (secondary N) is 1. The second-order valence-corrected chi connectivity index (χ2v) is 4.68. The summed E-state index contributed by atoms with van der Waals surface area (Å²) in [6, 6.07) is 5.89. The average molecular weight is 289 g/mol. The summed E-state index contributed by atoms with van der Waals surface area (Å²) in [5, 5.41) is 3.94. The Hall–Kier alpha value is -0.310. The van der Waals surface area contributed by atoms with E-state index < -0.39 is 0 Å². The minimum absolute atomic E-state index is 0.792. The van der Waals surface area contributed by atoms with Gasteiger partial charge in [-0.2, -0.15) is 0 Å². The Kier molecular flexibility index (Phi) is 5.37. The molecule has 0 unspecified atom stereocenters. The topological polar surface area (TPSA) is 12.0 Å². The fourth-order valence-electron chi connectivity index (χ4n) is 1.35. The van der Waals surface area contributed by atoms with Crippen molar-refractivity contribution in [1.29, 1.82) is 0 Å². The van der Waals surface area contributed by atoms with Gasteiger partial charge in [-0.15, -0.1) is 0 Å². The van der Waals surface area contributed by atoms with Gasteiger partial charge in [0.2, 0.25) is 0 Å². The van der Waals surface area contributed by atoms with E-state index in [9.17, 15) is 0 Å². The molecule has 0 aliphatic heterocycles. The molecule has 0 aromatic heterocycles. The summed E-state index contributed by atoms with van der Waals surface area (Å²) in [5.41, 5.74) is 2.41. The molecule has 3 heteroatoms. The standard InChI is InChI=1S/C12H15BrClN/c1-3-9(8-15-2)6-10-7-11(13)4-5-12(10)14/h4-7,15H,3,8H2,1-2H3/b9-6-. The Bertz CT molecular complexity index is 361. The van der Waals surface area contributed by atoms with Gasteiger partial charge in [-0.25, -0.2) is 0 Å².